The molecule has 0 saturated carbocycles. The number of hydrogen-bond acceptors (Lipinski definition) is 4. The number of anilines is 2. The Hall–Kier alpha value is -2.04. The molecule has 1 aromatic rings. The molecule has 0 aliphatic carbocycles. The van der Waals surface area contributed by atoms with Gasteiger partial charge in [0.1, 0.15) is 11.9 Å². The Bertz CT molecular complexity index is 476. The summed E-state index contributed by atoms with van der Waals surface area (Å²) >= 11 is 0. The number of nitrogens with zero attached hydrogens (tertiary/aromatic N) is 1. The lowest BCUT2D eigenvalue weighted by Gasteiger charge is -2.22. The van der Waals surface area contributed by atoms with Gasteiger partial charge in [0, 0.05) is 19.7 Å². The van der Waals surface area contributed by atoms with E-state index in [1.54, 1.807) is 39.0 Å². The fourth-order valence-electron chi connectivity index (χ4n) is 1.53. The molecule has 1 aromatic carbocycles. The quantitative estimate of drug-likeness (QED) is 0.853. The van der Waals surface area contributed by atoms with Gasteiger partial charge in [0.25, 0.3) is 0 Å². The van der Waals surface area contributed by atoms with Gasteiger partial charge in [0.2, 0.25) is 0 Å². The maximum atomic E-state index is 11.8. The van der Waals surface area contributed by atoms with Crippen molar-refractivity contribution >= 4 is 23.8 Å². The van der Waals surface area contributed by atoms with Gasteiger partial charge in [-0.25, -0.2) is 4.79 Å². The smallest absolute Gasteiger partial charge is 0.412 e. The molecule has 19 heavy (non-hydrogen) atoms. The number of rotatable bonds is 3. The third-order valence-corrected chi connectivity index (χ3v) is 2.27. The first-order chi connectivity index (χ1) is 8.73. The minimum atomic E-state index is -0.565. The number of amides is 1. The maximum absolute atomic E-state index is 11.8. The van der Waals surface area contributed by atoms with Crippen LogP contribution in [0.5, 0.6) is 0 Å². The second-order valence-electron chi connectivity index (χ2n) is 5.42. The van der Waals surface area contributed by atoms with Gasteiger partial charge in [-0.05, 0) is 39.0 Å². The molecule has 0 aliphatic rings. The molecule has 104 valence electrons. The Morgan fingerprint density at radius 2 is 1.95 bits per heavy atom. The molecule has 0 aromatic heterocycles. The van der Waals surface area contributed by atoms with E-state index >= 15 is 0 Å². The van der Waals surface area contributed by atoms with Gasteiger partial charge in [0.05, 0.1) is 11.4 Å². The molecular formula is C14H20N2O3. The first kappa shape index (κ1) is 15.0. The zero-order chi connectivity index (χ0) is 14.6. The van der Waals surface area contributed by atoms with Gasteiger partial charge in [-0.1, -0.05) is 0 Å². The molecule has 0 spiro atoms. The maximum Gasteiger partial charge on any atom is 0.412 e. The van der Waals surface area contributed by atoms with Crippen molar-refractivity contribution in [2.24, 2.45) is 0 Å². The molecule has 5 nitrogen and oxygen atoms in total. The number of carbonyl (C=O) groups is 2. The Labute approximate surface area is 113 Å². The summed E-state index contributed by atoms with van der Waals surface area (Å²) in [6.07, 6.45) is 0.193. The third-order valence-electron chi connectivity index (χ3n) is 2.27. The fourth-order valence-corrected chi connectivity index (χ4v) is 1.53. The van der Waals surface area contributed by atoms with Crippen molar-refractivity contribution in [2.45, 2.75) is 26.4 Å². The van der Waals surface area contributed by atoms with Crippen molar-refractivity contribution in [3.05, 3.63) is 23.8 Å². The summed E-state index contributed by atoms with van der Waals surface area (Å²) in [5, 5.41) is 2.66. The highest BCUT2D eigenvalue weighted by atomic mass is 16.6. The Kier molecular flexibility index (Phi) is 4.53. The summed E-state index contributed by atoms with van der Waals surface area (Å²) in [4.78, 5) is 24.4. The molecule has 0 atom stereocenters. The van der Waals surface area contributed by atoms with Crippen molar-refractivity contribution in [3.8, 4) is 0 Å². The van der Waals surface area contributed by atoms with E-state index in [0.717, 1.165) is 12.0 Å². The predicted molar refractivity (Wildman–Crippen MR) is 76.0 cm³/mol. The van der Waals surface area contributed by atoms with E-state index < -0.39 is 11.7 Å². The van der Waals surface area contributed by atoms with Gasteiger partial charge in [0.15, 0.2) is 0 Å². The lowest BCUT2D eigenvalue weighted by molar-refractivity contribution is 0.0636. The largest absolute Gasteiger partial charge is 0.444 e. The number of ether oxygens (including phenoxy) is 1. The van der Waals surface area contributed by atoms with Gasteiger partial charge < -0.3 is 9.64 Å². The van der Waals surface area contributed by atoms with Crippen LogP contribution in [0.15, 0.2) is 18.2 Å². The number of nitrogens with one attached hydrogen (secondary N) is 1. The zero-order valence-corrected chi connectivity index (χ0v) is 12.0. The van der Waals surface area contributed by atoms with Crippen LogP contribution in [0.25, 0.3) is 0 Å². The average Bonchev–Trinajstić information content (AvgIpc) is 2.25. The Morgan fingerprint density at radius 3 is 2.42 bits per heavy atom. The minimum absolute atomic E-state index is 0.497. The van der Waals surface area contributed by atoms with Crippen molar-refractivity contribution in [3.63, 3.8) is 0 Å². The minimum Gasteiger partial charge on any atom is -0.444 e. The van der Waals surface area contributed by atoms with E-state index in [9.17, 15) is 9.59 Å². The van der Waals surface area contributed by atoms with Crippen molar-refractivity contribution in [2.75, 3.05) is 24.3 Å². The average molecular weight is 264 g/mol. The lowest BCUT2D eigenvalue weighted by Crippen LogP contribution is -2.27. The Balaban J connectivity index is 2.97. The fraction of sp³-hybridized carbons (Fsp3) is 0.429. The molecule has 0 unspecified atom stereocenters. The first-order valence-electron chi connectivity index (χ1n) is 5.99. The predicted octanol–water partition coefficient (Wildman–Crippen LogP) is 2.91. The molecule has 1 amide bonds. The van der Waals surface area contributed by atoms with Gasteiger partial charge in [-0.15, -0.1) is 0 Å². The molecular weight excluding hydrogens is 244 g/mol. The van der Waals surface area contributed by atoms with Crippen LogP contribution >= 0.6 is 0 Å². The standard InChI is InChI=1S/C14H20N2O3/c1-14(2,3)19-13(18)15-11-8-10(9-17)6-7-12(11)16(4)5/h6-9H,1-5H3,(H,15,18). The van der Waals surface area contributed by atoms with Crippen LogP contribution in [-0.2, 0) is 4.74 Å². The highest BCUT2D eigenvalue weighted by Crippen LogP contribution is 2.25. The van der Waals surface area contributed by atoms with Crippen molar-refractivity contribution in [1.29, 1.82) is 0 Å². The van der Waals surface area contributed by atoms with Crippen LogP contribution in [-0.4, -0.2) is 32.1 Å². The number of aldehydes is 1. The molecule has 0 saturated heterocycles. The summed E-state index contributed by atoms with van der Waals surface area (Å²) in [5.41, 5.74) is 1.28. The monoisotopic (exact) mass is 264 g/mol. The SMILES string of the molecule is CN(C)c1ccc(C=O)cc1NC(=O)OC(C)(C)C. The Morgan fingerprint density at radius 1 is 1.32 bits per heavy atom. The second-order valence-corrected chi connectivity index (χ2v) is 5.42. The highest BCUT2D eigenvalue weighted by molar-refractivity contribution is 5.92. The highest BCUT2D eigenvalue weighted by Gasteiger charge is 2.17. The van der Waals surface area contributed by atoms with E-state index in [1.807, 2.05) is 19.0 Å². The summed E-state index contributed by atoms with van der Waals surface area (Å²) in [7, 11) is 3.71. The van der Waals surface area contributed by atoms with Crippen molar-refractivity contribution < 1.29 is 14.3 Å². The third kappa shape index (κ3) is 4.62. The van der Waals surface area contributed by atoms with E-state index in [4.69, 9.17) is 4.74 Å². The summed E-state index contributed by atoms with van der Waals surface area (Å²) in [5.74, 6) is 0. The van der Waals surface area contributed by atoms with Crippen LogP contribution in [0.1, 0.15) is 31.1 Å². The van der Waals surface area contributed by atoms with Crippen LogP contribution < -0.4 is 10.2 Å². The normalized spacial score (nSPS) is 10.8. The van der Waals surface area contributed by atoms with Crippen LogP contribution in [0, 0.1) is 0 Å². The van der Waals surface area contributed by atoms with E-state index in [0.29, 0.717) is 11.3 Å². The topological polar surface area (TPSA) is 58.6 Å². The summed E-state index contributed by atoms with van der Waals surface area (Å²) in [6.45, 7) is 5.38. The summed E-state index contributed by atoms with van der Waals surface area (Å²) in [6, 6.07) is 5.09. The lowest BCUT2D eigenvalue weighted by atomic mass is 10.1. The van der Waals surface area contributed by atoms with E-state index in [-0.39, 0.29) is 0 Å². The van der Waals surface area contributed by atoms with Gasteiger partial charge in [-0.3, -0.25) is 10.1 Å². The summed E-state index contributed by atoms with van der Waals surface area (Å²) < 4.78 is 5.19. The number of hydrogen-bond donors (Lipinski definition) is 1. The zero-order valence-electron chi connectivity index (χ0n) is 12.0. The molecule has 0 radical (unpaired) electrons. The molecule has 1 N–H and O–H groups in total. The number of carbonyl (C=O) groups excluding carboxylic acids is 2. The van der Waals surface area contributed by atoms with E-state index in [1.165, 1.54) is 0 Å². The molecule has 0 aliphatic heterocycles. The van der Waals surface area contributed by atoms with Crippen LogP contribution in [0.4, 0.5) is 16.2 Å². The van der Waals surface area contributed by atoms with Gasteiger partial charge >= 0.3 is 6.09 Å². The van der Waals surface area contributed by atoms with Crippen LogP contribution in [0.3, 0.4) is 0 Å². The number of benzene rings is 1. The molecule has 0 heterocycles. The second kappa shape index (κ2) is 5.73. The molecule has 5 heteroatoms. The molecule has 0 fully saturated rings. The molecule has 0 bridgehead atoms. The van der Waals surface area contributed by atoms with Crippen LogP contribution in [0.2, 0.25) is 0 Å². The first-order valence-corrected chi connectivity index (χ1v) is 5.99. The van der Waals surface area contributed by atoms with Crippen molar-refractivity contribution in [1.82, 2.24) is 0 Å². The van der Waals surface area contributed by atoms with Gasteiger partial charge in [-0.2, -0.15) is 0 Å². The van der Waals surface area contributed by atoms with E-state index in [2.05, 4.69) is 5.32 Å². The molecule has 1 rings (SSSR count).